The molecule has 0 fully saturated rings. The maximum atomic E-state index is 5.68. The van der Waals surface area contributed by atoms with Crippen molar-refractivity contribution < 1.29 is 9.47 Å². The molecule has 6 nitrogen and oxygen atoms in total. The molecule has 0 aliphatic carbocycles. The highest BCUT2D eigenvalue weighted by Crippen LogP contribution is 2.20. The van der Waals surface area contributed by atoms with Crippen LogP contribution in [0.3, 0.4) is 0 Å². The van der Waals surface area contributed by atoms with Gasteiger partial charge in [0.05, 0.1) is 13.2 Å². The van der Waals surface area contributed by atoms with E-state index in [1.165, 1.54) is 5.56 Å². The van der Waals surface area contributed by atoms with Crippen LogP contribution in [0.5, 0.6) is 11.5 Å². The van der Waals surface area contributed by atoms with Crippen molar-refractivity contribution in [1.29, 1.82) is 0 Å². The van der Waals surface area contributed by atoms with Crippen LogP contribution in [0.4, 0.5) is 17.5 Å². The maximum absolute atomic E-state index is 5.68. The van der Waals surface area contributed by atoms with Crippen LogP contribution in [0.2, 0.25) is 0 Å². The highest BCUT2D eigenvalue weighted by molar-refractivity contribution is 5.56. The molecule has 1 aromatic heterocycles. The van der Waals surface area contributed by atoms with E-state index in [2.05, 4.69) is 26.7 Å². The molecule has 0 unspecified atom stereocenters. The number of nitrogens with one attached hydrogen (secondary N) is 2. The third kappa shape index (κ3) is 6.38. The van der Waals surface area contributed by atoms with E-state index in [9.17, 15) is 0 Å². The lowest BCUT2D eigenvalue weighted by Gasteiger charge is -2.12. The average molecular weight is 393 g/mol. The zero-order valence-electron chi connectivity index (χ0n) is 17.4. The minimum Gasteiger partial charge on any atom is -0.497 e. The summed E-state index contributed by atoms with van der Waals surface area (Å²) in [6.45, 7) is 6.75. The summed E-state index contributed by atoms with van der Waals surface area (Å²) in [4.78, 5) is 9.05. The number of ether oxygens (including phenoxy) is 2. The summed E-state index contributed by atoms with van der Waals surface area (Å²) in [6.07, 6.45) is 1.03. The molecule has 0 atom stereocenters. The number of rotatable bonds is 9. The van der Waals surface area contributed by atoms with Crippen LogP contribution in [0, 0.1) is 6.92 Å². The first-order chi connectivity index (χ1) is 14.0. The quantitative estimate of drug-likeness (QED) is 0.535. The molecular formula is C23H28N4O2. The highest BCUT2D eigenvalue weighted by atomic mass is 16.5. The Kier molecular flexibility index (Phi) is 6.89. The van der Waals surface area contributed by atoms with Gasteiger partial charge in [0, 0.05) is 24.0 Å². The molecule has 0 bridgehead atoms. The fourth-order valence-corrected chi connectivity index (χ4v) is 2.90. The van der Waals surface area contributed by atoms with E-state index in [4.69, 9.17) is 9.47 Å². The summed E-state index contributed by atoms with van der Waals surface area (Å²) >= 11 is 0. The minimum absolute atomic E-state index is 0.152. The number of hydrogen-bond acceptors (Lipinski definition) is 6. The van der Waals surface area contributed by atoms with Crippen LogP contribution in [0.1, 0.15) is 25.1 Å². The van der Waals surface area contributed by atoms with E-state index >= 15 is 0 Å². The zero-order valence-corrected chi connectivity index (χ0v) is 17.4. The van der Waals surface area contributed by atoms with Crippen molar-refractivity contribution in [2.24, 2.45) is 0 Å². The summed E-state index contributed by atoms with van der Waals surface area (Å²) in [6, 6.07) is 17.8. The van der Waals surface area contributed by atoms with Crippen molar-refractivity contribution in [3.05, 3.63) is 65.9 Å². The van der Waals surface area contributed by atoms with E-state index in [0.29, 0.717) is 5.95 Å². The van der Waals surface area contributed by atoms with Crippen LogP contribution in [0.15, 0.2) is 54.6 Å². The summed E-state index contributed by atoms with van der Waals surface area (Å²) in [5.74, 6) is 3.07. The van der Waals surface area contributed by atoms with Crippen LogP contribution in [-0.2, 0) is 6.42 Å². The first kappa shape index (κ1) is 20.5. The molecule has 29 heavy (non-hydrogen) atoms. The van der Waals surface area contributed by atoms with Crippen LogP contribution < -0.4 is 20.1 Å². The first-order valence-corrected chi connectivity index (χ1v) is 9.78. The molecule has 6 heteroatoms. The van der Waals surface area contributed by atoms with Crippen LogP contribution in [-0.4, -0.2) is 29.7 Å². The second-order valence-electron chi connectivity index (χ2n) is 7.06. The number of anilines is 3. The fourth-order valence-electron chi connectivity index (χ4n) is 2.90. The van der Waals surface area contributed by atoms with Crippen molar-refractivity contribution in [3.8, 4) is 11.5 Å². The Morgan fingerprint density at radius 1 is 0.966 bits per heavy atom. The van der Waals surface area contributed by atoms with Gasteiger partial charge in [0.1, 0.15) is 17.3 Å². The number of nitrogens with zero attached hydrogens (tertiary/aromatic N) is 2. The van der Waals surface area contributed by atoms with Gasteiger partial charge in [0.15, 0.2) is 0 Å². The van der Waals surface area contributed by atoms with E-state index < -0.39 is 0 Å². The smallest absolute Gasteiger partial charge is 0.229 e. The van der Waals surface area contributed by atoms with Gasteiger partial charge in [-0.1, -0.05) is 12.1 Å². The Labute approximate surface area is 172 Å². The number of benzene rings is 2. The number of aromatic nitrogens is 2. The van der Waals surface area contributed by atoms with E-state index in [1.54, 1.807) is 7.11 Å². The molecule has 2 N–H and O–H groups in total. The normalized spacial score (nSPS) is 10.7. The Morgan fingerprint density at radius 3 is 2.48 bits per heavy atom. The number of hydrogen-bond donors (Lipinski definition) is 2. The fraction of sp³-hybridized carbons (Fsp3) is 0.304. The van der Waals surface area contributed by atoms with Gasteiger partial charge in [-0.25, -0.2) is 4.98 Å². The predicted molar refractivity (Wildman–Crippen MR) is 117 cm³/mol. The lowest BCUT2D eigenvalue weighted by atomic mass is 10.1. The third-order valence-electron chi connectivity index (χ3n) is 4.19. The predicted octanol–water partition coefficient (Wildman–Crippen LogP) is 4.98. The Hall–Kier alpha value is -3.28. The molecule has 0 saturated carbocycles. The molecule has 152 valence electrons. The molecular weight excluding hydrogens is 364 g/mol. The third-order valence-corrected chi connectivity index (χ3v) is 4.19. The van der Waals surface area contributed by atoms with E-state index in [-0.39, 0.29) is 6.10 Å². The minimum atomic E-state index is 0.152. The van der Waals surface area contributed by atoms with E-state index in [0.717, 1.165) is 41.7 Å². The average Bonchev–Trinajstić information content (AvgIpc) is 2.69. The molecule has 3 rings (SSSR count). The number of aryl methyl sites for hydroxylation is 1. The molecule has 0 radical (unpaired) electrons. The lowest BCUT2D eigenvalue weighted by Crippen LogP contribution is -2.09. The molecule has 0 amide bonds. The SMILES string of the molecule is COc1cccc(CCNc2cc(C)nc(Nc3ccc(OC(C)C)cc3)n2)c1. The van der Waals surface area contributed by atoms with Gasteiger partial charge < -0.3 is 20.1 Å². The maximum Gasteiger partial charge on any atom is 0.229 e. The molecule has 0 aliphatic heterocycles. The number of methoxy groups -OCH3 is 1. The van der Waals surface area contributed by atoms with Crippen LogP contribution in [0.25, 0.3) is 0 Å². The lowest BCUT2D eigenvalue weighted by molar-refractivity contribution is 0.242. The summed E-state index contributed by atoms with van der Waals surface area (Å²) in [5.41, 5.74) is 3.02. The van der Waals surface area contributed by atoms with Gasteiger partial charge in [-0.15, -0.1) is 0 Å². The Bertz CT molecular complexity index is 926. The van der Waals surface area contributed by atoms with Crippen molar-refractivity contribution >= 4 is 17.5 Å². The van der Waals surface area contributed by atoms with Gasteiger partial charge in [-0.05, 0) is 69.2 Å². The summed E-state index contributed by atoms with van der Waals surface area (Å²) in [5, 5.41) is 6.63. The van der Waals surface area contributed by atoms with Gasteiger partial charge in [-0.3, -0.25) is 0 Å². The topological polar surface area (TPSA) is 68.3 Å². The zero-order chi connectivity index (χ0) is 20.6. The summed E-state index contributed by atoms with van der Waals surface area (Å²) in [7, 11) is 1.68. The van der Waals surface area contributed by atoms with Crippen molar-refractivity contribution in [3.63, 3.8) is 0 Å². The molecule has 2 aromatic carbocycles. The molecule has 1 heterocycles. The van der Waals surface area contributed by atoms with Gasteiger partial charge >= 0.3 is 0 Å². The highest BCUT2D eigenvalue weighted by Gasteiger charge is 2.04. The Balaban J connectivity index is 1.60. The second kappa shape index (κ2) is 9.78. The van der Waals surface area contributed by atoms with Gasteiger partial charge in [0.2, 0.25) is 5.95 Å². The molecule has 0 aliphatic rings. The van der Waals surface area contributed by atoms with Crippen molar-refractivity contribution in [2.75, 3.05) is 24.3 Å². The first-order valence-electron chi connectivity index (χ1n) is 9.78. The molecule has 0 spiro atoms. The van der Waals surface area contributed by atoms with Crippen LogP contribution >= 0.6 is 0 Å². The molecule has 3 aromatic rings. The Morgan fingerprint density at radius 2 is 1.76 bits per heavy atom. The summed E-state index contributed by atoms with van der Waals surface area (Å²) < 4.78 is 11.0. The standard InChI is InChI=1S/C23H28N4O2/c1-16(2)29-20-10-8-19(9-11-20)26-23-25-17(3)14-22(27-23)24-13-12-18-6-5-7-21(15-18)28-4/h5-11,14-16H,12-13H2,1-4H3,(H2,24,25,26,27). The molecule has 0 saturated heterocycles. The van der Waals surface area contributed by atoms with Gasteiger partial charge in [-0.2, -0.15) is 4.98 Å². The largest absolute Gasteiger partial charge is 0.497 e. The van der Waals surface area contributed by atoms with Crippen molar-refractivity contribution in [2.45, 2.75) is 33.3 Å². The van der Waals surface area contributed by atoms with Crippen molar-refractivity contribution in [1.82, 2.24) is 9.97 Å². The monoisotopic (exact) mass is 392 g/mol. The second-order valence-corrected chi connectivity index (χ2v) is 7.06. The van der Waals surface area contributed by atoms with E-state index in [1.807, 2.05) is 69.3 Å². The van der Waals surface area contributed by atoms with Gasteiger partial charge in [0.25, 0.3) is 0 Å².